The molecule has 0 amide bonds. The van der Waals surface area contributed by atoms with Gasteiger partial charge in [0.1, 0.15) is 12.2 Å². The lowest BCUT2D eigenvalue weighted by Crippen LogP contribution is -2.42. The molecule has 0 aromatic carbocycles. The third-order valence-electron chi connectivity index (χ3n) is 4.58. The summed E-state index contributed by atoms with van der Waals surface area (Å²) in [5.41, 5.74) is 3.03. The summed E-state index contributed by atoms with van der Waals surface area (Å²) >= 11 is 0. The maximum Gasteiger partial charge on any atom is 0.138 e. The number of nitrogens with zero attached hydrogens (tertiary/aromatic N) is 3. The molecule has 1 aromatic heterocycles. The number of hydrogen-bond donors (Lipinski definition) is 2. The van der Waals surface area contributed by atoms with Crippen molar-refractivity contribution in [2.45, 2.75) is 65.5 Å². The van der Waals surface area contributed by atoms with Crippen molar-refractivity contribution in [3.8, 4) is 0 Å². The third-order valence-corrected chi connectivity index (χ3v) is 4.58. The van der Waals surface area contributed by atoms with E-state index >= 15 is 0 Å². The topological polar surface area (TPSA) is 68.8 Å². The van der Waals surface area contributed by atoms with Crippen molar-refractivity contribution in [2.24, 2.45) is 23.6 Å². The van der Waals surface area contributed by atoms with E-state index in [9.17, 15) is 0 Å². The van der Waals surface area contributed by atoms with Crippen LogP contribution >= 0.6 is 0 Å². The van der Waals surface area contributed by atoms with Gasteiger partial charge in [-0.25, -0.2) is 9.67 Å². The van der Waals surface area contributed by atoms with Crippen LogP contribution < -0.4 is 11.3 Å². The van der Waals surface area contributed by atoms with Crippen LogP contribution in [0.1, 0.15) is 52.3 Å². The van der Waals surface area contributed by atoms with Crippen molar-refractivity contribution < 1.29 is 0 Å². The number of hydrogen-bond acceptors (Lipinski definition) is 4. The number of rotatable bonds is 7. The molecular weight excluding hydrogens is 250 g/mol. The van der Waals surface area contributed by atoms with Gasteiger partial charge in [-0.05, 0) is 30.6 Å². The molecule has 20 heavy (non-hydrogen) atoms. The second-order valence-electron chi connectivity index (χ2n) is 6.58. The van der Waals surface area contributed by atoms with Crippen LogP contribution in [0.3, 0.4) is 0 Å². The predicted molar refractivity (Wildman–Crippen MR) is 80.8 cm³/mol. The highest BCUT2D eigenvalue weighted by molar-refractivity contribution is 4.94. The van der Waals surface area contributed by atoms with Crippen molar-refractivity contribution in [2.75, 3.05) is 0 Å². The van der Waals surface area contributed by atoms with Crippen LogP contribution in [0.25, 0.3) is 0 Å². The summed E-state index contributed by atoms with van der Waals surface area (Å²) < 4.78 is 2.03. The van der Waals surface area contributed by atoms with Crippen molar-refractivity contribution in [1.82, 2.24) is 20.2 Å². The van der Waals surface area contributed by atoms with E-state index < -0.39 is 0 Å². The summed E-state index contributed by atoms with van der Waals surface area (Å²) in [5.74, 6) is 8.99. The Bertz CT molecular complexity index is 401. The van der Waals surface area contributed by atoms with E-state index in [4.69, 9.17) is 5.84 Å². The molecular formula is C15H29N5. The second-order valence-corrected chi connectivity index (χ2v) is 6.58. The van der Waals surface area contributed by atoms with Gasteiger partial charge in [-0.2, -0.15) is 5.10 Å². The van der Waals surface area contributed by atoms with E-state index in [1.54, 1.807) is 6.33 Å². The van der Waals surface area contributed by atoms with E-state index in [0.717, 1.165) is 24.7 Å². The van der Waals surface area contributed by atoms with Crippen LogP contribution in [0.15, 0.2) is 6.33 Å². The van der Waals surface area contributed by atoms with E-state index in [-0.39, 0.29) is 0 Å². The molecule has 0 spiro atoms. The van der Waals surface area contributed by atoms with E-state index in [2.05, 4.69) is 36.3 Å². The summed E-state index contributed by atoms with van der Waals surface area (Å²) in [4.78, 5) is 4.42. The number of hydrazine groups is 1. The minimum atomic E-state index is 0.321. The molecule has 0 saturated heterocycles. The minimum Gasteiger partial charge on any atom is -0.271 e. The fourth-order valence-electron chi connectivity index (χ4n) is 3.35. The molecule has 114 valence electrons. The maximum absolute atomic E-state index is 5.80. The van der Waals surface area contributed by atoms with E-state index in [1.165, 1.54) is 25.7 Å². The quantitative estimate of drug-likeness (QED) is 0.592. The van der Waals surface area contributed by atoms with E-state index in [0.29, 0.717) is 17.9 Å². The molecule has 1 aliphatic carbocycles. The summed E-state index contributed by atoms with van der Waals surface area (Å²) in [6.07, 6.45) is 7.75. The van der Waals surface area contributed by atoms with Crippen LogP contribution in [0.4, 0.5) is 0 Å². The molecule has 1 saturated carbocycles. The molecule has 5 nitrogen and oxygen atoms in total. The molecule has 1 aromatic rings. The van der Waals surface area contributed by atoms with Gasteiger partial charge in [0.25, 0.3) is 0 Å². The minimum absolute atomic E-state index is 0.321. The number of aromatic nitrogens is 3. The molecule has 1 aliphatic rings. The summed E-state index contributed by atoms with van der Waals surface area (Å²) in [6.45, 7) is 7.62. The SMILES string of the molecule is CCC1CCC(C(Cc2ncnn2CC(C)C)NN)C1. The highest BCUT2D eigenvalue weighted by atomic mass is 15.3. The highest BCUT2D eigenvalue weighted by Crippen LogP contribution is 2.35. The van der Waals surface area contributed by atoms with Gasteiger partial charge in [0.15, 0.2) is 0 Å². The fourth-order valence-corrected chi connectivity index (χ4v) is 3.35. The van der Waals surface area contributed by atoms with Crippen molar-refractivity contribution in [3.63, 3.8) is 0 Å². The summed E-state index contributed by atoms with van der Waals surface area (Å²) in [7, 11) is 0. The number of nitrogens with two attached hydrogens (primary N) is 1. The van der Waals surface area contributed by atoms with Crippen LogP contribution in [-0.4, -0.2) is 20.8 Å². The molecule has 0 bridgehead atoms. The fraction of sp³-hybridized carbons (Fsp3) is 0.867. The Morgan fingerprint density at radius 2 is 2.25 bits per heavy atom. The molecule has 3 N–H and O–H groups in total. The van der Waals surface area contributed by atoms with Crippen LogP contribution in [0.2, 0.25) is 0 Å². The Kier molecular flexibility index (Phi) is 5.54. The van der Waals surface area contributed by atoms with Gasteiger partial charge >= 0.3 is 0 Å². The van der Waals surface area contributed by atoms with Gasteiger partial charge in [0.05, 0.1) is 0 Å². The van der Waals surface area contributed by atoms with Gasteiger partial charge in [-0.15, -0.1) is 0 Å². The first kappa shape index (κ1) is 15.4. The Morgan fingerprint density at radius 1 is 1.45 bits per heavy atom. The standard InChI is InChI=1S/C15H29N5/c1-4-12-5-6-13(7-12)14(19-16)8-15-17-10-18-20(15)9-11(2)3/h10-14,19H,4-9,16H2,1-3H3. The van der Waals surface area contributed by atoms with E-state index in [1.807, 2.05) is 4.68 Å². The summed E-state index contributed by atoms with van der Waals surface area (Å²) in [6, 6.07) is 0.321. The van der Waals surface area contributed by atoms with Crippen molar-refractivity contribution in [3.05, 3.63) is 12.2 Å². The lowest BCUT2D eigenvalue weighted by molar-refractivity contribution is 0.335. The van der Waals surface area contributed by atoms with Gasteiger partial charge in [0, 0.05) is 19.0 Å². The van der Waals surface area contributed by atoms with Crippen molar-refractivity contribution in [1.29, 1.82) is 0 Å². The molecule has 0 aliphatic heterocycles. The Hall–Kier alpha value is -0.940. The normalized spacial score (nSPS) is 24.4. The number of nitrogens with one attached hydrogen (secondary N) is 1. The van der Waals surface area contributed by atoms with Crippen LogP contribution in [-0.2, 0) is 13.0 Å². The molecule has 5 heteroatoms. The van der Waals surface area contributed by atoms with Gasteiger partial charge in [0.2, 0.25) is 0 Å². The lowest BCUT2D eigenvalue weighted by atomic mass is 9.93. The lowest BCUT2D eigenvalue weighted by Gasteiger charge is -2.23. The van der Waals surface area contributed by atoms with Gasteiger partial charge < -0.3 is 0 Å². The monoisotopic (exact) mass is 279 g/mol. The summed E-state index contributed by atoms with van der Waals surface area (Å²) in [5, 5.41) is 4.34. The second kappa shape index (κ2) is 7.18. The molecule has 2 rings (SSSR count). The molecule has 3 unspecified atom stereocenters. The average Bonchev–Trinajstić information content (AvgIpc) is 3.04. The van der Waals surface area contributed by atoms with Crippen LogP contribution in [0.5, 0.6) is 0 Å². The maximum atomic E-state index is 5.80. The largest absolute Gasteiger partial charge is 0.271 e. The molecule has 1 heterocycles. The molecule has 1 fully saturated rings. The van der Waals surface area contributed by atoms with Gasteiger partial charge in [-0.1, -0.05) is 33.6 Å². The average molecular weight is 279 g/mol. The zero-order chi connectivity index (χ0) is 14.5. The van der Waals surface area contributed by atoms with Crippen molar-refractivity contribution >= 4 is 0 Å². The first-order chi connectivity index (χ1) is 9.63. The first-order valence-corrected chi connectivity index (χ1v) is 7.96. The third kappa shape index (κ3) is 3.79. The predicted octanol–water partition coefficient (Wildman–Crippen LogP) is 2.13. The zero-order valence-corrected chi connectivity index (χ0v) is 13.0. The Balaban J connectivity index is 1.98. The Labute approximate surface area is 122 Å². The smallest absolute Gasteiger partial charge is 0.138 e. The molecule has 3 atom stereocenters. The van der Waals surface area contributed by atoms with Crippen LogP contribution in [0, 0.1) is 17.8 Å². The zero-order valence-electron chi connectivity index (χ0n) is 13.0. The Morgan fingerprint density at radius 3 is 2.85 bits per heavy atom. The molecule has 0 radical (unpaired) electrons. The van der Waals surface area contributed by atoms with Gasteiger partial charge in [-0.3, -0.25) is 11.3 Å². The first-order valence-electron chi connectivity index (χ1n) is 7.96. The highest BCUT2D eigenvalue weighted by Gasteiger charge is 2.30.